The van der Waals surface area contributed by atoms with Gasteiger partial charge in [0.05, 0.1) is 12.3 Å². The summed E-state index contributed by atoms with van der Waals surface area (Å²) in [6, 6.07) is 23.0. The van der Waals surface area contributed by atoms with E-state index in [1.807, 2.05) is 25.1 Å². The molecule has 0 unspecified atom stereocenters. The Morgan fingerprint density at radius 2 is 1.58 bits per heavy atom. The third-order valence-electron chi connectivity index (χ3n) is 6.64. The van der Waals surface area contributed by atoms with E-state index in [-0.39, 0.29) is 40.9 Å². The van der Waals surface area contributed by atoms with Gasteiger partial charge in [0.1, 0.15) is 22.8 Å². The Hall–Kier alpha value is -5.13. The highest BCUT2D eigenvalue weighted by atomic mass is 35.5. The SMILES string of the molecule is CCOc1cc(/C=C2\C(=O)NC(=O)N(c3ccc(OCc4ccccc4Cl)cc3)C2=O)ccc1OS(=O)(=O)c1ccc(C)cc1. The number of ether oxygens (including phenoxy) is 2. The molecule has 10 nitrogen and oxygen atoms in total. The van der Waals surface area contributed by atoms with E-state index in [2.05, 4.69) is 5.32 Å². The average Bonchev–Trinajstić information content (AvgIpc) is 3.01. The maximum Gasteiger partial charge on any atom is 0.339 e. The quantitative estimate of drug-likeness (QED) is 0.125. The molecule has 1 saturated heterocycles. The van der Waals surface area contributed by atoms with Crippen LogP contribution in [-0.2, 0) is 26.3 Å². The maximum absolute atomic E-state index is 13.4. The van der Waals surface area contributed by atoms with Crippen molar-refractivity contribution >= 4 is 51.3 Å². The number of carbonyl (C=O) groups excluding carboxylic acids is 3. The van der Waals surface area contributed by atoms with Gasteiger partial charge in [-0.25, -0.2) is 9.69 Å². The number of hydrogen-bond acceptors (Lipinski definition) is 8. The molecule has 0 radical (unpaired) electrons. The fourth-order valence-corrected chi connectivity index (χ4v) is 5.48. The fraction of sp³-hybridized carbons (Fsp3) is 0.121. The summed E-state index contributed by atoms with van der Waals surface area (Å²) in [5, 5.41) is 2.74. The molecule has 4 aromatic rings. The predicted molar refractivity (Wildman–Crippen MR) is 168 cm³/mol. The monoisotopic (exact) mass is 646 g/mol. The molecular formula is C33H27ClN2O8S. The zero-order valence-electron chi connectivity index (χ0n) is 24.2. The van der Waals surface area contributed by atoms with E-state index in [1.165, 1.54) is 48.5 Å². The lowest BCUT2D eigenvalue weighted by Crippen LogP contribution is -2.54. The number of hydrogen-bond donors (Lipinski definition) is 1. The molecule has 0 spiro atoms. The average molecular weight is 647 g/mol. The van der Waals surface area contributed by atoms with Gasteiger partial charge in [0.25, 0.3) is 11.8 Å². The molecule has 0 aliphatic carbocycles. The predicted octanol–water partition coefficient (Wildman–Crippen LogP) is 6.06. The van der Waals surface area contributed by atoms with E-state index in [1.54, 1.807) is 37.3 Å². The summed E-state index contributed by atoms with van der Waals surface area (Å²) in [4.78, 5) is 39.7. The molecule has 0 atom stereocenters. The van der Waals surface area contributed by atoms with Crippen LogP contribution in [0.25, 0.3) is 6.08 Å². The topological polar surface area (TPSA) is 128 Å². The summed E-state index contributed by atoms with van der Waals surface area (Å²) in [7, 11) is -4.17. The van der Waals surface area contributed by atoms with E-state index in [4.69, 9.17) is 25.3 Å². The van der Waals surface area contributed by atoms with Crippen LogP contribution in [0.3, 0.4) is 0 Å². The number of barbiturate groups is 1. The van der Waals surface area contributed by atoms with Gasteiger partial charge in [-0.3, -0.25) is 14.9 Å². The van der Waals surface area contributed by atoms with Crippen molar-refractivity contribution in [3.8, 4) is 17.2 Å². The van der Waals surface area contributed by atoms with Crippen molar-refractivity contribution in [3.05, 3.63) is 118 Å². The van der Waals surface area contributed by atoms with Gasteiger partial charge in [-0.1, -0.05) is 53.6 Å². The third kappa shape index (κ3) is 7.17. The van der Waals surface area contributed by atoms with Gasteiger partial charge >= 0.3 is 16.1 Å². The first kappa shape index (κ1) is 31.3. The van der Waals surface area contributed by atoms with Gasteiger partial charge in [-0.2, -0.15) is 8.42 Å². The molecule has 5 rings (SSSR count). The van der Waals surface area contributed by atoms with E-state index < -0.39 is 28.0 Å². The third-order valence-corrected chi connectivity index (χ3v) is 8.25. The number of nitrogens with one attached hydrogen (secondary N) is 1. The number of anilines is 1. The van der Waals surface area contributed by atoms with Crippen molar-refractivity contribution in [3.63, 3.8) is 0 Å². The molecule has 4 amide bonds. The maximum atomic E-state index is 13.4. The largest absolute Gasteiger partial charge is 0.490 e. The molecule has 1 fully saturated rings. The number of carbonyl (C=O) groups is 3. The van der Waals surface area contributed by atoms with Crippen LogP contribution in [0.15, 0.2) is 101 Å². The Kier molecular flexibility index (Phi) is 9.21. The van der Waals surface area contributed by atoms with Gasteiger partial charge in [-0.05, 0) is 80.1 Å². The van der Waals surface area contributed by atoms with Crippen LogP contribution in [0, 0.1) is 6.92 Å². The Balaban J connectivity index is 1.36. The minimum atomic E-state index is -4.17. The summed E-state index contributed by atoms with van der Waals surface area (Å²) in [5.41, 5.74) is 1.90. The lowest BCUT2D eigenvalue weighted by Gasteiger charge is -2.26. The van der Waals surface area contributed by atoms with Crippen LogP contribution >= 0.6 is 11.6 Å². The van der Waals surface area contributed by atoms with Gasteiger partial charge in [0.2, 0.25) is 0 Å². The highest BCUT2D eigenvalue weighted by Crippen LogP contribution is 2.33. The van der Waals surface area contributed by atoms with Crippen LogP contribution < -0.4 is 23.9 Å². The van der Waals surface area contributed by atoms with Crippen molar-refractivity contribution in [2.24, 2.45) is 0 Å². The number of benzene rings is 4. The Morgan fingerprint density at radius 1 is 0.867 bits per heavy atom. The summed E-state index contributed by atoms with van der Waals surface area (Å²) in [6.07, 6.45) is 1.28. The van der Waals surface area contributed by atoms with Gasteiger partial charge < -0.3 is 13.7 Å². The zero-order valence-corrected chi connectivity index (χ0v) is 25.7. The number of amides is 4. The second-order valence-electron chi connectivity index (χ2n) is 9.82. The second kappa shape index (κ2) is 13.2. The first-order valence-electron chi connectivity index (χ1n) is 13.7. The summed E-state index contributed by atoms with van der Waals surface area (Å²) in [6.45, 7) is 3.94. The van der Waals surface area contributed by atoms with E-state index in [9.17, 15) is 22.8 Å². The fourth-order valence-electron chi connectivity index (χ4n) is 4.35. The number of nitrogens with zero attached hydrogens (tertiary/aromatic N) is 1. The van der Waals surface area contributed by atoms with Crippen LogP contribution in [0.4, 0.5) is 10.5 Å². The van der Waals surface area contributed by atoms with E-state index in [0.717, 1.165) is 16.0 Å². The van der Waals surface area contributed by atoms with Crippen molar-refractivity contribution in [1.82, 2.24) is 5.32 Å². The first-order chi connectivity index (χ1) is 21.6. The van der Waals surface area contributed by atoms with Crippen LogP contribution in [0.2, 0.25) is 5.02 Å². The molecule has 12 heteroatoms. The molecule has 45 heavy (non-hydrogen) atoms. The summed E-state index contributed by atoms with van der Waals surface area (Å²) >= 11 is 6.18. The number of aryl methyl sites for hydroxylation is 1. The molecule has 1 heterocycles. The Labute approximate surface area is 264 Å². The van der Waals surface area contributed by atoms with Gasteiger partial charge in [0, 0.05) is 10.6 Å². The molecule has 1 N–H and O–H groups in total. The lowest BCUT2D eigenvalue weighted by atomic mass is 10.1. The zero-order chi connectivity index (χ0) is 32.1. The van der Waals surface area contributed by atoms with Gasteiger partial charge in [-0.15, -0.1) is 0 Å². The van der Waals surface area contributed by atoms with Gasteiger partial charge in [0.15, 0.2) is 11.5 Å². The molecule has 230 valence electrons. The number of imide groups is 2. The highest BCUT2D eigenvalue weighted by molar-refractivity contribution is 7.87. The van der Waals surface area contributed by atoms with E-state index >= 15 is 0 Å². The highest BCUT2D eigenvalue weighted by Gasteiger charge is 2.37. The molecular weight excluding hydrogens is 620 g/mol. The van der Waals surface area contributed by atoms with Crippen molar-refractivity contribution < 1.29 is 36.5 Å². The van der Waals surface area contributed by atoms with Crippen LogP contribution in [0.5, 0.6) is 17.2 Å². The minimum absolute atomic E-state index is 0.0313. The molecule has 4 aromatic carbocycles. The molecule has 0 aromatic heterocycles. The lowest BCUT2D eigenvalue weighted by molar-refractivity contribution is -0.122. The van der Waals surface area contributed by atoms with Crippen LogP contribution in [-0.4, -0.2) is 32.9 Å². The van der Waals surface area contributed by atoms with Crippen LogP contribution in [0.1, 0.15) is 23.6 Å². The number of urea groups is 1. The minimum Gasteiger partial charge on any atom is -0.490 e. The number of rotatable bonds is 10. The first-order valence-corrected chi connectivity index (χ1v) is 15.5. The summed E-state index contributed by atoms with van der Waals surface area (Å²) < 4.78 is 42.4. The summed E-state index contributed by atoms with van der Waals surface area (Å²) in [5.74, 6) is -1.26. The van der Waals surface area contributed by atoms with Crippen molar-refractivity contribution in [1.29, 1.82) is 0 Å². The van der Waals surface area contributed by atoms with Crippen molar-refractivity contribution in [2.45, 2.75) is 25.3 Å². The Morgan fingerprint density at radius 3 is 2.27 bits per heavy atom. The normalized spacial score (nSPS) is 14.3. The van der Waals surface area contributed by atoms with E-state index in [0.29, 0.717) is 16.3 Å². The van der Waals surface area contributed by atoms with Crippen molar-refractivity contribution in [2.75, 3.05) is 11.5 Å². The second-order valence-corrected chi connectivity index (χ2v) is 11.8. The molecule has 1 aliphatic rings. The molecule has 0 saturated carbocycles. The smallest absolute Gasteiger partial charge is 0.339 e. The molecule has 0 bridgehead atoms. The number of halogens is 1. The molecule has 1 aliphatic heterocycles. The Bertz CT molecular complexity index is 1910. The standard InChI is InChI=1S/C33H27ClN2O8S/c1-3-42-30-19-22(10-17-29(30)44-45(40,41)26-15-8-21(2)9-16-26)18-27-31(37)35-33(39)36(32(27)38)24-11-13-25(14-12-24)43-20-23-6-4-5-7-28(23)34/h4-19H,3,20H2,1-2H3,(H,35,37,39)/b27-18+.